The van der Waals surface area contributed by atoms with Crippen LogP contribution in [0.4, 0.5) is 0 Å². The van der Waals surface area contributed by atoms with Crippen LogP contribution in [0.2, 0.25) is 0 Å². The molecule has 1 aromatic rings. The first-order chi connectivity index (χ1) is 8.87. The van der Waals surface area contributed by atoms with E-state index in [1.165, 1.54) is 5.56 Å². The number of nitrogens with zero attached hydrogens (tertiary/aromatic N) is 1. The van der Waals surface area contributed by atoms with Crippen molar-refractivity contribution in [1.29, 1.82) is 0 Å². The molecule has 0 aromatic heterocycles. The van der Waals surface area contributed by atoms with Crippen molar-refractivity contribution in [3.8, 4) is 11.5 Å². The number of hydrogen-bond acceptors (Lipinski definition) is 4. The number of likely N-dealkylation sites (N-methyl/N-ethyl adjacent to an activating group) is 1. The van der Waals surface area contributed by atoms with E-state index in [2.05, 4.69) is 18.0 Å². The molecule has 0 radical (unpaired) electrons. The maximum atomic E-state index is 6.05. The van der Waals surface area contributed by atoms with Crippen molar-refractivity contribution in [2.75, 3.05) is 27.2 Å². The Bertz CT molecular complexity index is 434. The molecule has 1 aliphatic rings. The van der Waals surface area contributed by atoms with Gasteiger partial charge in [-0.05, 0) is 45.0 Å². The molecular formula is C15H24N2O2. The Hall–Kier alpha value is -1.26. The molecule has 2 rings (SSSR count). The zero-order chi connectivity index (χ0) is 14.0. The predicted octanol–water partition coefficient (Wildman–Crippen LogP) is 1.67. The lowest BCUT2D eigenvalue weighted by Gasteiger charge is -2.36. The van der Waals surface area contributed by atoms with E-state index in [-0.39, 0.29) is 11.6 Å². The second kappa shape index (κ2) is 5.39. The monoisotopic (exact) mass is 264 g/mol. The van der Waals surface area contributed by atoms with Gasteiger partial charge in [0.25, 0.3) is 0 Å². The van der Waals surface area contributed by atoms with Crippen molar-refractivity contribution in [3.05, 3.63) is 23.8 Å². The molecule has 2 N–H and O–H groups in total. The zero-order valence-electron chi connectivity index (χ0n) is 12.3. The first-order valence-electron chi connectivity index (χ1n) is 6.68. The van der Waals surface area contributed by atoms with Crippen LogP contribution in [0.25, 0.3) is 0 Å². The number of hydrogen-bond donors (Lipinski definition) is 1. The van der Waals surface area contributed by atoms with Crippen molar-refractivity contribution in [2.45, 2.75) is 31.9 Å². The lowest BCUT2D eigenvalue weighted by molar-refractivity contribution is 0.0369. The molecule has 1 saturated heterocycles. The van der Waals surface area contributed by atoms with Crippen molar-refractivity contribution in [3.63, 3.8) is 0 Å². The number of benzene rings is 1. The summed E-state index contributed by atoms with van der Waals surface area (Å²) in [6.07, 6.45) is 1.09. The molecule has 19 heavy (non-hydrogen) atoms. The maximum absolute atomic E-state index is 6.05. The fraction of sp³-hybridized carbons (Fsp3) is 0.600. The van der Waals surface area contributed by atoms with Gasteiger partial charge >= 0.3 is 0 Å². The first-order valence-corrected chi connectivity index (χ1v) is 6.68. The molecule has 0 amide bonds. The number of nitrogens with two attached hydrogens (primary N) is 1. The minimum absolute atomic E-state index is 0.218. The lowest BCUT2D eigenvalue weighted by Crippen LogP contribution is -2.51. The van der Waals surface area contributed by atoms with Gasteiger partial charge in [-0.25, -0.2) is 0 Å². The van der Waals surface area contributed by atoms with Gasteiger partial charge in [-0.1, -0.05) is 6.07 Å². The summed E-state index contributed by atoms with van der Waals surface area (Å²) in [5, 5.41) is 0. The van der Waals surface area contributed by atoms with Crippen molar-refractivity contribution in [1.82, 2.24) is 4.90 Å². The molecule has 4 nitrogen and oxygen atoms in total. The van der Waals surface area contributed by atoms with Crippen LogP contribution in [-0.4, -0.2) is 43.8 Å². The van der Waals surface area contributed by atoms with E-state index in [9.17, 15) is 0 Å². The van der Waals surface area contributed by atoms with Crippen LogP contribution in [0.1, 0.15) is 19.4 Å². The van der Waals surface area contributed by atoms with Crippen molar-refractivity contribution in [2.24, 2.45) is 5.73 Å². The summed E-state index contributed by atoms with van der Waals surface area (Å²) in [4.78, 5) is 2.22. The van der Waals surface area contributed by atoms with E-state index in [0.717, 1.165) is 31.0 Å². The zero-order valence-corrected chi connectivity index (χ0v) is 12.3. The molecule has 1 heterocycles. The topological polar surface area (TPSA) is 47.7 Å². The SMILES string of the molecule is COc1cc(CC(C)(C)N)ccc1OC1CN(C)C1. The average molecular weight is 264 g/mol. The Morgan fingerprint density at radius 1 is 1.32 bits per heavy atom. The van der Waals surface area contributed by atoms with E-state index in [4.69, 9.17) is 15.2 Å². The minimum Gasteiger partial charge on any atom is -0.493 e. The van der Waals surface area contributed by atoms with Gasteiger partial charge in [0, 0.05) is 18.6 Å². The van der Waals surface area contributed by atoms with Crippen LogP contribution in [0.15, 0.2) is 18.2 Å². The Balaban J connectivity index is 2.08. The van der Waals surface area contributed by atoms with Gasteiger partial charge in [0.2, 0.25) is 0 Å². The van der Waals surface area contributed by atoms with E-state index in [1.54, 1.807) is 7.11 Å². The molecule has 0 bridgehead atoms. The van der Waals surface area contributed by atoms with Gasteiger partial charge in [0.1, 0.15) is 6.10 Å². The van der Waals surface area contributed by atoms with Gasteiger partial charge in [-0.3, -0.25) is 4.90 Å². The van der Waals surface area contributed by atoms with Crippen molar-refractivity contribution < 1.29 is 9.47 Å². The Labute approximate surface area is 115 Å². The predicted molar refractivity (Wildman–Crippen MR) is 76.9 cm³/mol. The molecule has 0 spiro atoms. The van der Waals surface area contributed by atoms with E-state index >= 15 is 0 Å². The minimum atomic E-state index is -0.218. The van der Waals surface area contributed by atoms with Crippen LogP contribution in [-0.2, 0) is 6.42 Å². The van der Waals surface area contributed by atoms with Crippen LogP contribution < -0.4 is 15.2 Å². The Morgan fingerprint density at radius 3 is 2.53 bits per heavy atom. The standard InChI is InChI=1S/C15H24N2O2/c1-15(2,16)8-11-5-6-13(14(7-11)18-4)19-12-9-17(3)10-12/h5-7,12H,8-10,16H2,1-4H3. The molecule has 1 aromatic carbocycles. The van der Waals surface area contributed by atoms with Crippen LogP contribution in [0.5, 0.6) is 11.5 Å². The van der Waals surface area contributed by atoms with E-state index < -0.39 is 0 Å². The van der Waals surface area contributed by atoms with Gasteiger partial charge in [0.05, 0.1) is 7.11 Å². The highest BCUT2D eigenvalue weighted by Crippen LogP contribution is 2.31. The highest BCUT2D eigenvalue weighted by Gasteiger charge is 2.26. The number of ether oxygens (including phenoxy) is 2. The third-order valence-electron chi connectivity index (χ3n) is 3.21. The molecule has 1 aliphatic heterocycles. The smallest absolute Gasteiger partial charge is 0.161 e. The van der Waals surface area contributed by atoms with Gasteiger partial charge in [0.15, 0.2) is 11.5 Å². The molecule has 0 atom stereocenters. The summed E-state index contributed by atoms with van der Waals surface area (Å²) >= 11 is 0. The molecule has 1 fully saturated rings. The van der Waals surface area contributed by atoms with Gasteiger partial charge in [-0.15, -0.1) is 0 Å². The summed E-state index contributed by atoms with van der Waals surface area (Å²) in [7, 11) is 3.76. The maximum Gasteiger partial charge on any atom is 0.161 e. The van der Waals surface area contributed by atoms with Crippen LogP contribution in [0, 0.1) is 0 Å². The van der Waals surface area contributed by atoms with Crippen LogP contribution in [0.3, 0.4) is 0 Å². The summed E-state index contributed by atoms with van der Waals surface area (Å²) in [5.74, 6) is 1.61. The quantitative estimate of drug-likeness (QED) is 0.879. The normalized spacial score (nSPS) is 17.1. The molecule has 0 saturated carbocycles. The second-order valence-corrected chi connectivity index (χ2v) is 6.11. The summed E-state index contributed by atoms with van der Waals surface area (Å²) in [6, 6.07) is 6.07. The molecule has 0 unspecified atom stereocenters. The molecule has 106 valence electrons. The number of likely N-dealkylation sites (tertiary alicyclic amines) is 1. The Kier molecular flexibility index (Phi) is 4.02. The Morgan fingerprint density at radius 2 is 2.00 bits per heavy atom. The first kappa shape index (κ1) is 14.2. The number of rotatable bonds is 5. The molecular weight excluding hydrogens is 240 g/mol. The van der Waals surface area contributed by atoms with Crippen LogP contribution >= 0.6 is 0 Å². The highest BCUT2D eigenvalue weighted by atomic mass is 16.5. The largest absolute Gasteiger partial charge is 0.493 e. The van der Waals surface area contributed by atoms with E-state index in [1.807, 2.05) is 26.0 Å². The summed E-state index contributed by atoms with van der Waals surface area (Å²) < 4.78 is 11.3. The molecule has 0 aliphatic carbocycles. The number of methoxy groups -OCH3 is 1. The average Bonchev–Trinajstić information content (AvgIpc) is 2.26. The third kappa shape index (κ3) is 3.85. The third-order valence-corrected chi connectivity index (χ3v) is 3.21. The lowest BCUT2D eigenvalue weighted by atomic mass is 9.96. The fourth-order valence-electron chi connectivity index (χ4n) is 2.34. The highest BCUT2D eigenvalue weighted by molar-refractivity contribution is 5.43. The summed E-state index contributed by atoms with van der Waals surface area (Å²) in [6.45, 7) is 5.99. The molecule has 4 heteroatoms. The summed E-state index contributed by atoms with van der Waals surface area (Å²) in [5.41, 5.74) is 7.00. The fourth-order valence-corrected chi connectivity index (χ4v) is 2.34. The second-order valence-electron chi connectivity index (χ2n) is 6.11. The van der Waals surface area contributed by atoms with Crippen molar-refractivity contribution >= 4 is 0 Å². The van der Waals surface area contributed by atoms with Gasteiger partial charge < -0.3 is 15.2 Å². The van der Waals surface area contributed by atoms with Gasteiger partial charge in [-0.2, -0.15) is 0 Å². The van der Waals surface area contributed by atoms with E-state index in [0.29, 0.717) is 0 Å².